The van der Waals surface area contributed by atoms with Crippen molar-refractivity contribution in [2.75, 3.05) is 19.0 Å². The summed E-state index contributed by atoms with van der Waals surface area (Å²) in [6.07, 6.45) is 2.36. The topological polar surface area (TPSA) is 70.7 Å². The first kappa shape index (κ1) is 18.1. The molecule has 1 aromatic carbocycles. The summed E-state index contributed by atoms with van der Waals surface area (Å²) in [6, 6.07) is 6.51. The molecule has 0 aliphatic carbocycles. The minimum Gasteiger partial charge on any atom is -0.497 e. The van der Waals surface area contributed by atoms with E-state index in [0.717, 1.165) is 12.8 Å². The summed E-state index contributed by atoms with van der Waals surface area (Å²) in [7, 11) is 1.58. The number of methoxy groups -OCH3 is 1. The third-order valence-corrected chi connectivity index (χ3v) is 4.48. The fraction of sp³-hybridized carbons (Fsp3) is 0.556. The molecule has 132 valence electrons. The molecule has 1 fully saturated rings. The van der Waals surface area contributed by atoms with E-state index in [4.69, 9.17) is 4.74 Å². The zero-order valence-corrected chi connectivity index (χ0v) is 14.9. The highest BCUT2D eigenvalue weighted by molar-refractivity contribution is 5.94. The molecule has 0 bridgehead atoms. The summed E-state index contributed by atoms with van der Waals surface area (Å²) in [6.45, 7) is 6.59. The summed E-state index contributed by atoms with van der Waals surface area (Å²) in [4.78, 5) is 26.7. The first-order valence-electron chi connectivity index (χ1n) is 8.40. The van der Waals surface area contributed by atoms with Crippen molar-refractivity contribution in [3.05, 3.63) is 24.3 Å². The molecule has 0 aromatic heterocycles. The second-order valence-corrected chi connectivity index (χ2v) is 6.74. The molecule has 1 aliphatic heterocycles. The van der Waals surface area contributed by atoms with Gasteiger partial charge >= 0.3 is 6.03 Å². The number of benzene rings is 1. The largest absolute Gasteiger partial charge is 0.497 e. The number of hydrogen-bond donors (Lipinski definition) is 2. The van der Waals surface area contributed by atoms with Crippen LogP contribution in [0.2, 0.25) is 0 Å². The molecule has 2 N–H and O–H groups in total. The van der Waals surface area contributed by atoms with Crippen molar-refractivity contribution in [1.82, 2.24) is 10.2 Å². The average Bonchev–Trinajstić information content (AvgIpc) is 3.04. The van der Waals surface area contributed by atoms with Gasteiger partial charge in [0.05, 0.1) is 7.11 Å². The monoisotopic (exact) mass is 333 g/mol. The van der Waals surface area contributed by atoms with Crippen molar-refractivity contribution in [2.45, 2.75) is 51.6 Å². The maximum Gasteiger partial charge on any atom is 0.322 e. The van der Waals surface area contributed by atoms with Gasteiger partial charge in [-0.1, -0.05) is 13.0 Å². The molecule has 2 rings (SSSR count). The lowest BCUT2D eigenvalue weighted by Crippen LogP contribution is -2.53. The molecule has 6 heteroatoms. The molecule has 0 radical (unpaired) electrons. The number of nitrogens with one attached hydrogen (secondary N) is 2. The first-order chi connectivity index (χ1) is 11.4. The number of carbonyl (C=O) groups excluding carboxylic acids is 2. The Hall–Kier alpha value is -2.24. The Morgan fingerprint density at radius 1 is 1.38 bits per heavy atom. The van der Waals surface area contributed by atoms with Gasteiger partial charge in [-0.3, -0.25) is 4.79 Å². The molecule has 1 aliphatic rings. The number of anilines is 1. The van der Waals surface area contributed by atoms with Crippen molar-refractivity contribution >= 4 is 17.6 Å². The van der Waals surface area contributed by atoms with Gasteiger partial charge in [0.15, 0.2) is 0 Å². The highest BCUT2D eigenvalue weighted by Crippen LogP contribution is 2.22. The number of likely N-dealkylation sites (tertiary alicyclic amines) is 1. The number of amides is 3. The smallest absolute Gasteiger partial charge is 0.322 e. The van der Waals surface area contributed by atoms with E-state index in [9.17, 15) is 9.59 Å². The van der Waals surface area contributed by atoms with Gasteiger partial charge in [-0.15, -0.1) is 0 Å². The minimum absolute atomic E-state index is 0.0832. The van der Waals surface area contributed by atoms with E-state index in [1.54, 1.807) is 24.1 Å². The van der Waals surface area contributed by atoms with E-state index in [1.165, 1.54) is 0 Å². The molecule has 3 amide bonds. The summed E-state index contributed by atoms with van der Waals surface area (Å²) in [5.41, 5.74) is 0.383. The van der Waals surface area contributed by atoms with E-state index in [2.05, 4.69) is 10.6 Å². The van der Waals surface area contributed by atoms with Crippen LogP contribution in [0.5, 0.6) is 5.75 Å². The van der Waals surface area contributed by atoms with Crippen molar-refractivity contribution in [3.8, 4) is 5.75 Å². The lowest BCUT2D eigenvalue weighted by molar-refractivity contribution is -0.126. The average molecular weight is 333 g/mol. The maximum atomic E-state index is 12.6. The Morgan fingerprint density at radius 2 is 2.12 bits per heavy atom. The molecule has 1 aromatic rings. The molecular weight excluding hydrogens is 306 g/mol. The fourth-order valence-corrected chi connectivity index (χ4v) is 2.68. The predicted octanol–water partition coefficient (Wildman–Crippen LogP) is 3.00. The highest BCUT2D eigenvalue weighted by Gasteiger charge is 2.35. The van der Waals surface area contributed by atoms with Gasteiger partial charge < -0.3 is 20.3 Å². The third kappa shape index (κ3) is 4.40. The van der Waals surface area contributed by atoms with E-state index in [-0.39, 0.29) is 17.5 Å². The number of nitrogens with zero attached hydrogens (tertiary/aromatic N) is 1. The Morgan fingerprint density at radius 3 is 2.79 bits per heavy atom. The molecule has 0 saturated carbocycles. The van der Waals surface area contributed by atoms with Gasteiger partial charge in [-0.25, -0.2) is 4.79 Å². The van der Waals surface area contributed by atoms with Crippen LogP contribution in [0.1, 0.15) is 40.0 Å². The molecule has 1 saturated heterocycles. The lowest BCUT2D eigenvalue weighted by Gasteiger charge is -2.30. The van der Waals surface area contributed by atoms with E-state index < -0.39 is 6.04 Å². The SMILES string of the molecule is CCC(C)(C)NC(=O)[C@H]1CCCN1C(=O)Nc1cccc(OC)c1. The van der Waals surface area contributed by atoms with Crippen LogP contribution < -0.4 is 15.4 Å². The maximum absolute atomic E-state index is 12.6. The Labute approximate surface area is 143 Å². The van der Waals surface area contributed by atoms with Crippen LogP contribution in [0.3, 0.4) is 0 Å². The lowest BCUT2D eigenvalue weighted by atomic mass is 10.0. The van der Waals surface area contributed by atoms with Crippen LogP contribution in [-0.2, 0) is 4.79 Å². The van der Waals surface area contributed by atoms with Crippen molar-refractivity contribution in [3.63, 3.8) is 0 Å². The van der Waals surface area contributed by atoms with Crippen LogP contribution in [0.25, 0.3) is 0 Å². The number of rotatable bonds is 5. The Balaban J connectivity index is 2.03. The van der Waals surface area contributed by atoms with E-state index >= 15 is 0 Å². The summed E-state index contributed by atoms with van der Waals surface area (Å²) >= 11 is 0. The van der Waals surface area contributed by atoms with Gasteiger partial charge in [0.25, 0.3) is 0 Å². The van der Waals surface area contributed by atoms with E-state index in [1.807, 2.05) is 32.9 Å². The third-order valence-electron chi connectivity index (χ3n) is 4.48. The van der Waals surface area contributed by atoms with Crippen molar-refractivity contribution in [2.24, 2.45) is 0 Å². The Bertz CT molecular complexity index is 601. The van der Waals surface area contributed by atoms with Gasteiger partial charge in [0.2, 0.25) is 5.91 Å². The molecule has 1 atom stereocenters. The quantitative estimate of drug-likeness (QED) is 0.870. The number of urea groups is 1. The van der Waals surface area contributed by atoms with Gasteiger partial charge in [0.1, 0.15) is 11.8 Å². The molecule has 6 nitrogen and oxygen atoms in total. The first-order valence-corrected chi connectivity index (χ1v) is 8.40. The zero-order chi connectivity index (χ0) is 17.7. The molecule has 0 unspecified atom stereocenters. The standard InChI is InChI=1S/C18H27N3O3/c1-5-18(2,3)20-16(22)15-10-7-11-21(15)17(23)19-13-8-6-9-14(12-13)24-4/h6,8-9,12,15H,5,7,10-11H2,1-4H3,(H,19,23)(H,20,22)/t15-/m1/s1. The van der Waals surface area contributed by atoms with Crippen LogP contribution in [0.15, 0.2) is 24.3 Å². The molecule has 0 spiro atoms. The predicted molar refractivity (Wildman–Crippen MR) is 94.3 cm³/mol. The molecule has 1 heterocycles. The highest BCUT2D eigenvalue weighted by atomic mass is 16.5. The van der Waals surface area contributed by atoms with Crippen molar-refractivity contribution < 1.29 is 14.3 Å². The summed E-state index contributed by atoms with van der Waals surface area (Å²) in [5, 5.41) is 5.88. The second-order valence-electron chi connectivity index (χ2n) is 6.74. The van der Waals surface area contributed by atoms with Crippen LogP contribution >= 0.6 is 0 Å². The van der Waals surface area contributed by atoms with E-state index in [0.29, 0.717) is 24.4 Å². The Kier molecular flexibility index (Phi) is 5.70. The van der Waals surface area contributed by atoms with Crippen LogP contribution in [0.4, 0.5) is 10.5 Å². The summed E-state index contributed by atoms with van der Waals surface area (Å²) < 4.78 is 5.16. The number of ether oxygens (including phenoxy) is 1. The zero-order valence-electron chi connectivity index (χ0n) is 14.9. The molecular formula is C18H27N3O3. The van der Waals surface area contributed by atoms with Gasteiger partial charge in [-0.05, 0) is 45.2 Å². The normalized spacial score (nSPS) is 17.5. The number of carbonyl (C=O) groups is 2. The number of hydrogen-bond acceptors (Lipinski definition) is 3. The minimum atomic E-state index is -0.415. The second kappa shape index (κ2) is 7.55. The van der Waals surface area contributed by atoms with Gasteiger partial charge in [-0.2, -0.15) is 0 Å². The summed E-state index contributed by atoms with van der Waals surface area (Å²) in [5.74, 6) is 0.591. The fourth-order valence-electron chi connectivity index (χ4n) is 2.68. The van der Waals surface area contributed by atoms with Crippen molar-refractivity contribution in [1.29, 1.82) is 0 Å². The van der Waals surface area contributed by atoms with Crippen LogP contribution in [0, 0.1) is 0 Å². The van der Waals surface area contributed by atoms with Gasteiger partial charge in [0, 0.05) is 23.8 Å². The van der Waals surface area contributed by atoms with Crippen LogP contribution in [-0.4, -0.2) is 42.1 Å². The molecule has 24 heavy (non-hydrogen) atoms.